The largest absolute Gasteiger partial charge is 0.250 e. The van der Waals surface area contributed by atoms with Crippen LogP contribution in [0.4, 0.5) is 0 Å². The zero-order valence-electron chi connectivity index (χ0n) is 14.2. The van der Waals surface area contributed by atoms with Gasteiger partial charge < -0.3 is 0 Å². The van der Waals surface area contributed by atoms with Gasteiger partial charge >= 0.3 is 0 Å². The van der Waals surface area contributed by atoms with Crippen molar-refractivity contribution >= 4 is 30.0 Å². The van der Waals surface area contributed by atoms with Gasteiger partial charge in [-0.3, -0.25) is 0 Å². The second kappa shape index (κ2) is 8.88. The lowest BCUT2D eigenvalue weighted by atomic mass is 10.0. The third kappa shape index (κ3) is 4.32. The van der Waals surface area contributed by atoms with Crippen molar-refractivity contribution in [2.24, 2.45) is 15.0 Å². The average molecular weight is 360 g/mol. The molecule has 0 aliphatic carbocycles. The Morgan fingerprint density at radius 3 is 1.81 bits per heavy atom. The predicted octanol–water partition coefficient (Wildman–Crippen LogP) is 5.44. The van der Waals surface area contributed by atoms with E-state index in [1.165, 1.54) is 0 Å². The Morgan fingerprint density at radius 1 is 0.692 bits per heavy atom. The summed E-state index contributed by atoms with van der Waals surface area (Å²) >= 11 is 5.84. The molecule has 3 aromatic rings. The number of halogens is 1. The first-order valence-electron chi connectivity index (χ1n) is 8.19. The second-order valence-corrected chi connectivity index (χ2v) is 5.74. The van der Waals surface area contributed by atoms with E-state index in [1.807, 2.05) is 72.8 Å². The van der Waals surface area contributed by atoms with Crippen LogP contribution >= 0.6 is 11.6 Å². The molecule has 0 fully saturated rings. The van der Waals surface area contributed by atoms with Crippen molar-refractivity contribution in [1.29, 1.82) is 0 Å². The number of nitrogens with zero attached hydrogens (tertiary/aromatic N) is 3. The molecule has 3 nitrogen and oxygen atoms in total. The minimum absolute atomic E-state index is 0.123. The van der Waals surface area contributed by atoms with Crippen molar-refractivity contribution in [2.75, 3.05) is 6.00 Å². The summed E-state index contributed by atoms with van der Waals surface area (Å²) in [6, 6.07) is 28.1. The molecule has 0 unspecified atom stereocenters. The van der Waals surface area contributed by atoms with E-state index in [4.69, 9.17) is 11.6 Å². The molecule has 0 aliphatic heterocycles. The SMILES string of the molecule is C=NC(=NC(=NCCl)c1ccc(-c2ccccc2)cc1)c1ccccc1. The Hall–Kier alpha value is -3.04. The van der Waals surface area contributed by atoms with E-state index < -0.39 is 0 Å². The highest BCUT2D eigenvalue weighted by Crippen LogP contribution is 2.20. The van der Waals surface area contributed by atoms with Crippen LogP contribution in [0.1, 0.15) is 11.1 Å². The molecule has 26 heavy (non-hydrogen) atoms. The van der Waals surface area contributed by atoms with Crippen LogP contribution in [0.3, 0.4) is 0 Å². The number of rotatable bonds is 4. The third-order valence-corrected chi connectivity index (χ3v) is 3.97. The Labute approximate surface area is 158 Å². The monoisotopic (exact) mass is 359 g/mol. The molecule has 0 spiro atoms. The highest BCUT2D eigenvalue weighted by atomic mass is 35.5. The van der Waals surface area contributed by atoms with Gasteiger partial charge in [0.1, 0.15) is 6.00 Å². The van der Waals surface area contributed by atoms with E-state index in [2.05, 4.69) is 33.8 Å². The minimum Gasteiger partial charge on any atom is -0.250 e. The summed E-state index contributed by atoms with van der Waals surface area (Å²) in [6.07, 6.45) is 0. The quantitative estimate of drug-likeness (QED) is 0.257. The van der Waals surface area contributed by atoms with Gasteiger partial charge in [0.2, 0.25) is 0 Å². The van der Waals surface area contributed by atoms with Gasteiger partial charge in [-0.05, 0) is 17.8 Å². The highest BCUT2D eigenvalue weighted by molar-refractivity contribution is 6.19. The summed E-state index contributed by atoms with van der Waals surface area (Å²) in [5.41, 5.74) is 4.05. The summed E-state index contributed by atoms with van der Waals surface area (Å²) in [5.74, 6) is 1.05. The predicted molar refractivity (Wildman–Crippen MR) is 112 cm³/mol. The summed E-state index contributed by atoms with van der Waals surface area (Å²) in [5, 5.41) is 0. The van der Waals surface area contributed by atoms with E-state index in [9.17, 15) is 0 Å². The molecule has 0 bridgehead atoms. The van der Waals surface area contributed by atoms with Gasteiger partial charge in [-0.25, -0.2) is 15.0 Å². The lowest BCUT2D eigenvalue weighted by Gasteiger charge is -2.06. The molecule has 0 N–H and O–H groups in total. The van der Waals surface area contributed by atoms with Crippen molar-refractivity contribution in [3.05, 3.63) is 96.1 Å². The van der Waals surface area contributed by atoms with Crippen LogP contribution in [-0.2, 0) is 0 Å². The van der Waals surface area contributed by atoms with E-state index in [0.717, 1.165) is 22.3 Å². The van der Waals surface area contributed by atoms with Gasteiger partial charge in [-0.1, -0.05) is 84.9 Å². The topological polar surface area (TPSA) is 37.1 Å². The smallest absolute Gasteiger partial charge is 0.161 e. The number of alkyl halides is 1. The maximum absolute atomic E-state index is 5.84. The van der Waals surface area contributed by atoms with Crippen molar-refractivity contribution in [3.8, 4) is 11.1 Å². The minimum atomic E-state index is 0.123. The third-order valence-electron chi connectivity index (χ3n) is 3.85. The number of aliphatic imine (C=N–C) groups is 3. The summed E-state index contributed by atoms with van der Waals surface area (Å²) in [6.45, 7) is 3.63. The molecule has 4 heteroatoms. The van der Waals surface area contributed by atoms with E-state index >= 15 is 0 Å². The Balaban J connectivity index is 1.94. The molecule has 3 rings (SSSR count). The molecule has 0 heterocycles. The van der Waals surface area contributed by atoms with Crippen LogP contribution in [0.15, 0.2) is 99.9 Å². The summed E-state index contributed by atoms with van der Waals surface area (Å²) in [7, 11) is 0. The Bertz CT molecular complexity index is 915. The summed E-state index contributed by atoms with van der Waals surface area (Å²) < 4.78 is 0. The number of hydrogen-bond donors (Lipinski definition) is 0. The second-order valence-electron chi connectivity index (χ2n) is 5.50. The van der Waals surface area contributed by atoms with Crippen LogP contribution in [0.2, 0.25) is 0 Å². The average Bonchev–Trinajstić information content (AvgIpc) is 2.72. The molecule has 3 aromatic carbocycles. The maximum Gasteiger partial charge on any atom is 0.161 e. The molecular weight excluding hydrogens is 342 g/mol. The Kier molecular flexibility index (Phi) is 6.07. The lowest BCUT2D eigenvalue weighted by Crippen LogP contribution is -2.05. The van der Waals surface area contributed by atoms with E-state index in [-0.39, 0.29) is 6.00 Å². The first-order chi connectivity index (χ1) is 12.8. The van der Waals surface area contributed by atoms with Gasteiger partial charge in [-0.15, -0.1) is 11.6 Å². The zero-order chi connectivity index (χ0) is 18.2. The first-order valence-corrected chi connectivity index (χ1v) is 8.72. The lowest BCUT2D eigenvalue weighted by molar-refractivity contribution is 1.32. The van der Waals surface area contributed by atoms with Crippen LogP contribution in [0.5, 0.6) is 0 Å². The van der Waals surface area contributed by atoms with Crippen LogP contribution in [-0.4, -0.2) is 24.4 Å². The fourth-order valence-corrected chi connectivity index (χ4v) is 2.68. The number of hydrogen-bond acceptors (Lipinski definition) is 1. The van der Waals surface area contributed by atoms with Gasteiger partial charge in [0.15, 0.2) is 11.7 Å². The highest BCUT2D eigenvalue weighted by Gasteiger charge is 2.07. The van der Waals surface area contributed by atoms with E-state index in [0.29, 0.717) is 11.7 Å². The normalized spacial score (nSPS) is 12.0. The Morgan fingerprint density at radius 2 is 1.23 bits per heavy atom. The van der Waals surface area contributed by atoms with Crippen molar-refractivity contribution < 1.29 is 0 Å². The molecule has 0 radical (unpaired) electrons. The maximum atomic E-state index is 5.84. The molecular formula is C22H18ClN3. The summed E-state index contributed by atoms with van der Waals surface area (Å²) in [4.78, 5) is 12.9. The van der Waals surface area contributed by atoms with Gasteiger partial charge in [0.05, 0.1) is 0 Å². The van der Waals surface area contributed by atoms with Gasteiger partial charge in [-0.2, -0.15) is 0 Å². The molecule has 128 valence electrons. The molecule has 0 aliphatic rings. The van der Waals surface area contributed by atoms with E-state index in [1.54, 1.807) is 0 Å². The fourth-order valence-electron chi connectivity index (χ4n) is 2.57. The van der Waals surface area contributed by atoms with Crippen molar-refractivity contribution in [3.63, 3.8) is 0 Å². The molecule has 0 aromatic heterocycles. The van der Waals surface area contributed by atoms with Crippen LogP contribution in [0, 0.1) is 0 Å². The molecule has 0 saturated carbocycles. The van der Waals surface area contributed by atoms with Crippen LogP contribution < -0.4 is 0 Å². The standard InChI is InChI=1S/C22H18ClN3/c1-24-21(19-10-6-3-7-11-19)26-22(25-16-23)20-14-12-18(13-15-20)17-8-4-2-5-9-17/h2-15H,1,16H2. The van der Waals surface area contributed by atoms with Gasteiger partial charge in [0, 0.05) is 11.1 Å². The van der Waals surface area contributed by atoms with Crippen LogP contribution in [0.25, 0.3) is 11.1 Å². The van der Waals surface area contributed by atoms with Crippen molar-refractivity contribution in [2.45, 2.75) is 0 Å². The molecule has 0 atom stereocenters. The molecule has 0 amide bonds. The molecule has 0 saturated heterocycles. The van der Waals surface area contributed by atoms with Crippen molar-refractivity contribution in [1.82, 2.24) is 0 Å². The first kappa shape index (κ1) is 17.8. The number of benzene rings is 3. The van der Waals surface area contributed by atoms with Gasteiger partial charge in [0.25, 0.3) is 0 Å². The fraction of sp³-hybridized carbons (Fsp3) is 0.0455. The number of amidine groups is 2. The zero-order valence-corrected chi connectivity index (χ0v) is 15.0.